The lowest BCUT2D eigenvalue weighted by atomic mass is 10.1. The molecule has 2 aliphatic heterocycles. The Hall–Kier alpha value is -2.22. The Morgan fingerprint density at radius 2 is 2.00 bits per heavy atom. The van der Waals surface area contributed by atoms with Crippen LogP contribution in [0.1, 0.15) is 16.4 Å². The summed E-state index contributed by atoms with van der Waals surface area (Å²) < 4.78 is 18.1. The molecule has 2 fully saturated rings. The molecule has 1 aromatic heterocycles. The van der Waals surface area contributed by atoms with Gasteiger partial charge in [0.25, 0.3) is 0 Å². The van der Waals surface area contributed by atoms with Crippen molar-refractivity contribution in [3.63, 3.8) is 0 Å². The first kappa shape index (κ1) is 15.3. The lowest BCUT2D eigenvalue weighted by molar-refractivity contribution is 0.0172. The first-order valence-electron chi connectivity index (χ1n) is 7.82. The fourth-order valence-electron chi connectivity index (χ4n) is 3.37. The van der Waals surface area contributed by atoms with Gasteiger partial charge in [-0.25, -0.2) is 9.78 Å². The van der Waals surface area contributed by atoms with E-state index in [0.717, 1.165) is 11.4 Å². The minimum Gasteiger partial charge on any atom is -0.465 e. The third-order valence-corrected chi connectivity index (χ3v) is 4.59. The molecule has 7 heteroatoms. The van der Waals surface area contributed by atoms with E-state index in [2.05, 4.69) is 4.98 Å². The van der Waals surface area contributed by atoms with E-state index in [4.69, 9.17) is 14.2 Å². The number of imidazole rings is 1. The maximum Gasteiger partial charge on any atom is 0.337 e. The SMILES string of the molecule is COC(=O)c1ccc(-c2nccn2[C@H]2CO[C@H]3[C@@H]2OC[C@H]3O)cc1. The minimum absolute atomic E-state index is 0.0371. The van der Waals surface area contributed by atoms with Crippen molar-refractivity contribution in [2.24, 2.45) is 0 Å². The van der Waals surface area contributed by atoms with Crippen molar-refractivity contribution in [3.05, 3.63) is 42.2 Å². The van der Waals surface area contributed by atoms with Crippen molar-refractivity contribution in [2.45, 2.75) is 24.4 Å². The van der Waals surface area contributed by atoms with E-state index in [0.29, 0.717) is 18.8 Å². The van der Waals surface area contributed by atoms with Gasteiger partial charge in [0, 0.05) is 18.0 Å². The van der Waals surface area contributed by atoms with Crippen molar-refractivity contribution in [3.8, 4) is 11.4 Å². The van der Waals surface area contributed by atoms with E-state index < -0.39 is 6.10 Å². The lowest BCUT2D eigenvalue weighted by Crippen LogP contribution is -2.30. The van der Waals surface area contributed by atoms with Gasteiger partial charge in [0.05, 0.1) is 31.9 Å². The van der Waals surface area contributed by atoms with Crippen molar-refractivity contribution in [1.29, 1.82) is 0 Å². The summed E-state index contributed by atoms with van der Waals surface area (Å²) in [6, 6.07) is 7.06. The van der Waals surface area contributed by atoms with E-state index in [9.17, 15) is 9.90 Å². The standard InChI is InChI=1S/C17H18N2O5/c1-22-17(21)11-4-2-10(3-5-11)16-18-6-7-19(16)12-8-23-15-13(20)9-24-14(12)15/h2-7,12-15,20H,8-9H2,1H3/t12-,13+,14+,15+/m0/s1. The molecule has 0 amide bonds. The number of methoxy groups -OCH3 is 1. The normalized spacial score (nSPS) is 28.8. The summed E-state index contributed by atoms with van der Waals surface area (Å²) in [4.78, 5) is 16.0. The number of hydrogen-bond acceptors (Lipinski definition) is 6. The summed E-state index contributed by atoms with van der Waals surface area (Å²) in [5.74, 6) is 0.399. The Morgan fingerprint density at radius 3 is 2.75 bits per heavy atom. The van der Waals surface area contributed by atoms with Crippen LogP contribution in [0.4, 0.5) is 0 Å². The van der Waals surface area contributed by atoms with Gasteiger partial charge in [-0.1, -0.05) is 12.1 Å². The lowest BCUT2D eigenvalue weighted by Gasteiger charge is -2.19. The second kappa shape index (κ2) is 6.01. The first-order chi connectivity index (χ1) is 11.7. The molecule has 1 N–H and O–H groups in total. The number of ether oxygens (including phenoxy) is 3. The number of rotatable bonds is 3. The van der Waals surface area contributed by atoms with Crippen LogP contribution >= 0.6 is 0 Å². The molecule has 0 bridgehead atoms. The molecule has 2 aromatic rings. The maximum atomic E-state index is 11.5. The number of carbonyl (C=O) groups excluding carboxylic acids is 1. The van der Waals surface area contributed by atoms with Gasteiger partial charge in [-0.15, -0.1) is 0 Å². The third kappa shape index (κ3) is 2.41. The summed E-state index contributed by atoms with van der Waals surface area (Å²) in [5.41, 5.74) is 1.38. The molecule has 0 radical (unpaired) electrons. The zero-order valence-corrected chi connectivity index (χ0v) is 13.2. The largest absolute Gasteiger partial charge is 0.465 e. The van der Waals surface area contributed by atoms with Gasteiger partial charge in [-0.2, -0.15) is 0 Å². The van der Waals surface area contributed by atoms with Gasteiger partial charge < -0.3 is 23.9 Å². The van der Waals surface area contributed by atoms with E-state index in [1.807, 2.05) is 22.9 Å². The number of hydrogen-bond donors (Lipinski definition) is 1. The Morgan fingerprint density at radius 1 is 1.25 bits per heavy atom. The van der Waals surface area contributed by atoms with E-state index >= 15 is 0 Å². The van der Waals surface area contributed by atoms with Crippen molar-refractivity contribution in [2.75, 3.05) is 20.3 Å². The number of esters is 1. The van der Waals surface area contributed by atoms with E-state index in [1.54, 1.807) is 18.3 Å². The first-order valence-corrected chi connectivity index (χ1v) is 7.82. The second-order valence-electron chi connectivity index (χ2n) is 5.96. The highest BCUT2D eigenvalue weighted by Crippen LogP contribution is 2.36. The van der Waals surface area contributed by atoms with Gasteiger partial charge in [0.15, 0.2) is 0 Å². The summed E-state index contributed by atoms with van der Waals surface area (Å²) in [6.07, 6.45) is 2.57. The molecular weight excluding hydrogens is 312 g/mol. The molecule has 0 aliphatic carbocycles. The summed E-state index contributed by atoms with van der Waals surface area (Å²) in [7, 11) is 1.36. The Bertz CT molecular complexity index is 742. The number of carbonyl (C=O) groups is 1. The van der Waals surface area contributed by atoms with Gasteiger partial charge >= 0.3 is 5.97 Å². The molecule has 0 saturated carbocycles. The summed E-state index contributed by atoms with van der Waals surface area (Å²) >= 11 is 0. The van der Waals surface area contributed by atoms with Crippen molar-refractivity contribution >= 4 is 5.97 Å². The topological polar surface area (TPSA) is 82.8 Å². The molecule has 4 atom stereocenters. The molecule has 4 rings (SSSR count). The zero-order valence-electron chi connectivity index (χ0n) is 13.2. The van der Waals surface area contributed by atoms with Crippen LogP contribution in [0.2, 0.25) is 0 Å². The molecular formula is C17H18N2O5. The molecule has 7 nitrogen and oxygen atoms in total. The molecule has 1 aromatic carbocycles. The van der Waals surface area contributed by atoms with Crippen LogP contribution in [-0.2, 0) is 14.2 Å². The number of aromatic nitrogens is 2. The highest BCUT2D eigenvalue weighted by atomic mass is 16.6. The van der Waals surface area contributed by atoms with Gasteiger partial charge in [-0.3, -0.25) is 0 Å². The van der Waals surface area contributed by atoms with Gasteiger partial charge in [0.1, 0.15) is 24.1 Å². The molecule has 2 aliphatic rings. The van der Waals surface area contributed by atoms with Gasteiger partial charge in [0.2, 0.25) is 0 Å². The fourth-order valence-corrected chi connectivity index (χ4v) is 3.37. The Balaban J connectivity index is 1.62. The summed E-state index contributed by atoms with van der Waals surface area (Å²) in [6.45, 7) is 0.764. The minimum atomic E-state index is -0.577. The predicted octanol–water partition coefficient (Wildman–Crippen LogP) is 1.04. The predicted molar refractivity (Wildman–Crippen MR) is 83.5 cm³/mol. The van der Waals surface area contributed by atoms with Crippen LogP contribution in [0.5, 0.6) is 0 Å². The average molecular weight is 330 g/mol. The maximum absolute atomic E-state index is 11.5. The van der Waals surface area contributed by atoms with Crippen LogP contribution in [0.15, 0.2) is 36.7 Å². The van der Waals surface area contributed by atoms with Crippen LogP contribution in [0, 0.1) is 0 Å². The van der Waals surface area contributed by atoms with Crippen LogP contribution < -0.4 is 0 Å². The number of fused-ring (bicyclic) bond motifs is 1. The van der Waals surface area contributed by atoms with Crippen LogP contribution in [-0.4, -0.2) is 59.3 Å². The summed E-state index contributed by atoms with van der Waals surface area (Å²) in [5, 5.41) is 9.89. The number of benzene rings is 1. The monoisotopic (exact) mass is 330 g/mol. The average Bonchev–Trinajstić information content (AvgIpc) is 3.32. The molecule has 2 saturated heterocycles. The smallest absolute Gasteiger partial charge is 0.337 e. The van der Waals surface area contributed by atoms with Crippen LogP contribution in [0.25, 0.3) is 11.4 Å². The van der Waals surface area contributed by atoms with Crippen molar-refractivity contribution in [1.82, 2.24) is 9.55 Å². The quantitative estimate of drug-likeness (QED) is 0.847. The molecule has 24 heavy (non-hydrogen) atoms. The number of aliphatic hydroxyl groups excluding tert-OH is 1. The third-order valence-electron chi connectivity index (χ3n) is 4.59. The number of aliphatic hydroxyl groups is 1. The van der Waals surface area contributed by atoms with E-state index in [-0.39, 0.29) is 24.2 Å². The number of nitrogens with zero attached hydrogens (tertiary/aromatic N) is 2. The van der Waals surface area contributed by atoms with Crippen molar-refractivity contribution < 1.29 is 24.1 Å². The molecule has 0 spiro atoms. The zero-order chi connectivity index (χ0) is 16.7. The molecule has 126 valence electrons. The second-order valence-corrected chi connectivity index (χ2v) is 5.96. The molecule has 3 heterocycles. The van der Waals surface area contributed by atoms with Gasteiger partial charge in [-0.05, 0) is 12.1 Å². The highest BCUT2D eigenvalue weighted by Gasteiger charge is 2.48. The van der Waals surface area contributed by atoms with Crippen LogP contribution in [0.3, 0.4) is 0 Å². The highest BCUT2D eigenvalue weighted by molar-refractivity contribution is 5.89. The fraction of sp³-hybridized carbons (Fsp3) is 0.412. The molecule has 0 unspecified atom stereocenters. The Kier molecular flexibility index (Phi) is 3.84. The Labute approximate surface area is 138 Å². The van der Waals surface area contributed by atoms with E-state index in [1.165, 1.54) is 7.11 Å².